The van der Waals surface area contributed by atoms with E-state index in [0.717, 1.165) is 22.0 Å². The van der Waals surface area contributed by atoms with Gasteiger partial charge in [0.05, 0.1) is 0 Å². The van der Waals surface area contributed by atoms with Crippen LogP contribution in [0.4, 0.5) is 0 Å². The number of H-pyrrole nitrogens is 1. The number of hydrogen-bond acceptors (Lipinski definition) is 8. The van der Waals surface area contributed by atoms with Gasteiger partial charge in [0.2, 0.25) is 5.91 Å². The molecule has 0 spiro atoms. The minimum atomic E-state index is -0.930. The number of aromatic nitrogens is 2. The van der Waals surface area contributed by atoms with Gasteiger partial charge in [0.15, 0.2) is 0 Å². The Morgan fingerprint density at radius 2 is 1.74 bits per heavy atom. The summed E-state index contributed by atoms with van der Waals surface area (Å²) in [5, 5.41) is 51.6. The standard InChI is InChI=1S/C31H36BN4O6/c1-5-24(28(32)30(40)31(41)29(39)19(2)37)27(21-10-13-25-22(17-21)18-34-35-25)20-8-11-23(12-9-20)42-16-15-33-14-6-7-26(38)36(3)4/h6-13,17-18,33,37,39-41H,5,14-16H2,1-4H3,(H,34,35)/b7-6+,27-24+,29-19-,31-30-. The van der Waals surface area contributed by atoms with E-state index in [-0.39, 0.29) is 11.4 Å². The van der Waals surface area contributed by atoms with Crippen molar-refractivity contribution >= 4 is 35.3 Å². The molecule has 0 aliphatic carbocycles. The van der Waals surface area contributed by atoms with Gasteiger partial charge in [0, 0.05) is 20.2 Å². The average molecular weight is 571 g/mol. The number of nitrogens with one attached hydrogen (secondary N) is 2. The number of carbonyl (C=O) groups is 1. The molecule has 2 aromatic carbocycles. The third-order valence-corrected chi connectivity index (χ3v) is 6.41. The van der Waals surface area contributed by atoms with Crippen LogP contribution >= 0.6 is 0 Å². The van der Waals surface area contributed by atoms with Gasteiger partial charge in [-0.3, -0.25) is 4.79 Å². The molecule has 10 nitrogen and oxygen atoms in total. The zero-order chi connectivity index (χ0) is 30.8. The predicted octanol–water partition coefficient (Wildman–Crippen LogP) is 4.40. The molecule has 0 fully saturated rings. The fourth-order valence-electron chi connectivity index (χ4n) is 4.12. The molecule has 0 saturated carbocycles. The minimum absolute atomic E-state index is 0.0740. The maximum absolute atomic E-state index is 11.6. The van der Waals surface area contributed by atoms with Crippen molar-refractivity contribution in [1.82, 2.24) is 20.4 Å². The Hall–Kier alpha value is -4.77. The number of carbonyl (C=O) groups excluding carboxylic acids is 1. The number of benzene rings is 2. The van der Waals surface area contributed by atoms with Crippen LogP contribution < -0.4 is 10.1 Å². The van der Waals surface area contributed by atoms with Crippen LogP contribution in [0, 0.1) is 0 Å². The third-order valence-electron chi connectivity index (χ3n) is 6.41. The Morgan fingerprint density at radius 3 is 2.38 bits per heavy atom. The number of aliphatic hydroxyl groups is 4. The van der Waals surface area contributed by atoms with Crippen LogP contribution in [0.3, 0.4) is 0 Å². The number of allylic oxidation sites excluding steroid dienone is 2. The van der Waals surface area contributed by atoms with Gasteiger partial charge in [-0.15, -0.1) is 0 Å². The zero-order valence-electron chi connectivity index (χ0n) is 24.2. The van der Waals surface area contributed by atoms with E-state index in [9.17, 15) is 25.2 Å². The first-order valence-corrected chi connectivity index (χ1v) is 13.4. The van der Waals surface area contributed by atoms with Gasteiger partial charge >= 0.3 is 204 Å². The van der Waals surface area contributed by atoms with Crippen LogP contribution in [-0.2, 0) is 4.79 Å². The molecule has 0 aliphatic heterocycles. The molecule has 11 heteroatoms. The van der Waals surface area contributed by atoms with E-state index in [1.807, 2.05) is 49.4 Å². The number of amides is 1. The zero-order valence-corrected chi connectivity index (χ0v) is 24.2. The molecule has 42 heavy (non-hydrogen) atoms. The normalized spacial score (nSPS) is 13.4. The molecule has 3 aromatic rings. The van der Waals surface area contributed by atoms with Crippen molar-refractivity contribution < 1.29 is 30.0 Å². The third kappa shape index (κ3) is 7.91. The van der Waals surface area contributed by atoms with E-state index in [4.69, 9.17) is 12.2 Å². The summed E-state index contributed by atoms with van der Waals surface area (Å²) in [4.78, 5) is 13.1. The van der Waals surface area contributed by atoms with E-state index in [1.54, 1.807) is 26.4 Å². The quantitative estimate of drug-likeness (QED) is 0.0581. The Kier molecular flexibility index (Phi) is 11.1. The van der Waals surface area contributed by atoms with Crippen molar-refractivity contribution in [1.29, 1.82) is 0 Å². The van der Waals surface area contributed by atoms with Crippen LogP contribution in [0.15, 0.2) is 89.4 Å². The van der Waals surface area contributed by atoms with Gasteiger partial charge < -0.3 is 4.90 Å². The van der Waals surface area contributed by atoms with Crippen LogP contribution in [-0.4, -0.2) is 88.2 Å². The summed E-state index contributed by atoms with van der Waals surface area (Å²) in [5.74, 6) is -2.56. The van der Waals surface area contributed by atoms with E-state index in [2.05, 4.69) is 15.5 Å². The van der Waals surface area contributed by atoms with Crippen molar-refractivity contribution in [3.05, 3.63) is 101 Å². The molecule has 0 unspecified atom stereocenters. The summed E-state index contributed by atoms with van der Waals surface area (Å²) in [5.41, 5.74) is 3.44. The number of ether oxygens (including phenoxy) is 1. The number of aliphatic hydroxyl groups excluding tert-OH is 4. The number of rotatable bonds is 13. The molecule has 3 rings (SSSR count). The Bertz CT molecular complexity index is 1550. The van der Waals surface area contributed by atoms with Gasteiger partial charge in [-0.05, 0) is 0 Å². The molecular weight excluding hydrogens is 535 g/mol. The van der Waals surface area contributed by atoms with E-state index < -0.39 is 23.0 Å². The number of aromatic amines is 1. The Morgan fingerprint density at radius 1 is 1.05 bits per heavy atom. The summed E-state index contributed by atoms with van der Waals surface area (Å²) in [6.45, 7) is 4.55. The monoisotopic (exact) mass is 571 g/mol. The summed E-state index contributed by atoms with van der Waals surface area (Å²) < 4.78 is 5.86. The van der Waals surface area contributed by atoms with Crippen LogP contribution in [0.2, 0.25) is 0 Å². The molecule has 0 atom stereocenters. The topological polar surface area (TPSA) is 151 Å². The average Bonchev–Trinajstić information content (AvgIpc) is 3.46. The van der Waals surface area contributed by atoms with Crippen LogP contribution in [0.25, 0.3) is 16.5 Å². The first-order chi connectivity index (χ1) is 20.0. The molecule has 0 aliphatic rings. The summed E-state index contributed by atoms with van der Waals surface area (Å²) in [7, 11) is 9.75. The number of hydrogen-bond donors (Lipinski definition) is 6. The number of nitrogens with zero attached hydrogens (tertiary/aromatic N) is 2. The molecular formula is C31H36BN4O6. The van der Waals surface area contributed by atoms with Gasteiger partial charge in [-0.25, -0.2) is 0 Å². The second-order valence-electron chi connectivity index (χ2n) is 9.64. The van der Waals surface area contributed by atoms with Crippen molar-refractivity contribution in [3.63, 3.8) is 0 Å². The fourth-order valence-corrected chi connectivity index (χ4v) is 4.12. The van der Waals surface area contributed by atoms with Gasteiger partial charge in [0.25, 0.3) is 0 Å². The molecule has 219 valence electrons. The van der Waals surface area contributed by atoms with E-state index in [1.165, 1.54) is 17.9 Å². The maximum atomic E-state index is 11.6. The summed E-state index contributed by atoms with van der Waals surface area (Å²) in [6, 6.07) is 13.1. The van der Waals surface area contributed by atoms with Crippen LogP contribution in [0.1, 0.15) is 31.4 Å². The molecule has 1 heterocycles. The van der Waals surface area contributed by atoms with Gasteiger partial charge in [0.1, 0.15) is 0 Å². The molecule has 6 N–H and O–H groups in total. The van der Waals surface area contributed by atoms with Gasteiger partial charge in [-0.2, -0.15) is 0 Å². The van der Waals surface area contributed by atoms with E-state index in [0.29, 0.717) is 43.0 Å². The fraction of sp³-hybridized carbons (Fsp3) is 0.258. The SMILES string of the molecule is [B]=C(/C(O)=C(O)\C(O)=C(/C)O)/C(CC)=C(\c1ccc(OCCNC/C=C/C(=O)N(C)C)cc1)c1ccc2[nH]ncc2c1. The Labute approximate surface area is 246 Å². The second-order valence-corrected chi connectivity index (χ2v) is 9.64. The Balaban J connectivity index is 1.89. The van der Waals surface area contributed by atoms with Crippen molar-refractivity contribution in [2.45, 2.75) is 20.3 Å². The molecule has 1 amide bonds. The molecule has 0 bridgehead atoms. The number of fused-ring (bicyclic) bond motifs is 1. The first kappa shape index (κ1) is 31.8. The molecule has 1 aromatic heterocycles. The van der Waals surface area contributed by atoms with Crippen LogP contribution in [0.5, 0.6) is 5.75 Å². The molecule has 1 radical (unpaired) electrons. The van der Waals surface area contributed by atoms with Gasteiger partial charge in [-0.1, -0.05) is 6.08 Å². The van der Waals surface area contributed by atoms with Crippen molar-refractivity contribution in [2.24, 2.45) is 0 Å². The van der Waals surface area contributed by atoms with Crippen molar-refractivity contribution in [3.8, 4) is 5.75 Å². The summed E-state index contributed by atoms with van der Waals surface area (Å²) in [6.07, 6.45) is 5.34. The predicted molar refractivity (Wildman–Crippen MR) is 166 cm³/mol. The summed E-state index contributed by atoms with van der Waals surface area (Å²) >= 11 is 0. The second kappa shape index (κ2) is 14.7. The van der Waals surface area contributed by atoms with Crippen molar-refractivity contribution in [2.75, 3.05) is 33.8 Å². The first-order valence-electron chi connectivity index (χ1n) is 13.4. The molecule has 0 saturated heterocycles. The van der Waals surface area contributed by atoms with E-state index >= 15 is 0 Å². The number of likely N-dealkylation sites (N-methyl/N-ethyl adjacent to an activating group) is 1.